The number of hydrogen-bond donors (Lipinski definition) is 1. The van der Waals surface area contributed by atoms with Crippen LogP contribution in [0.4, 0.5) is 0 Å². The van der Waals surface area contributed by atoms with Crippen LogP contribution in [0.5, 0.6) is 0 Å². The summed E-state index contributed by atoms with van der Waals surface area (Å²) in [5, 5.41) is 0.745. The average Bonchev–Trinajstić information content (AvgIpc) is 2.64. The third-order valence-electron chi connectivity index (χ3n) is 3.71. The van der Waals surface area contributed by atoms with Crippen molar-refractivity contribution in [1.29, 1.82) is 0 Å². The number of aromatic amines is 1. The number of halogens is 1. The van der Waals surface area contributed by atoms with Gasteiger partial charge in [0.1, 0.15) is 0 Å². The van der Waals surface area contributed by atoms with Crippen LogP contribution in [0.15, 0.2) is 18.2 Å². The van der Waals surface area contributed by atoms with Gasteiger partial charge in [0.25, 0.3) is 0 Å². The molecule has 0 spiro atoms. The molecule has 0 fully saturated rings. The van der Waals surface area contributed by atoms with E-state index in [0.717, 1.165) is 33.7 Å². The highest BCUT2D eigenvalue weighted by Crippen LogP contribution is 2.30. The number of nitrogens with one attached hydrogen (secondary N) is 1. The standard InChI is InChI=1S/C13H17ClN2S/c1-4-13(3,5-2)16-11-8-9(14)6-7-10(11)15-12(16)17/h6-8H,4-5H2,1-3H3,(H,15,17). The quantitative estimate of drug-likeness (QED) is 0.786. The lowest BCUT2D eigenvalue weighted by atomic mass is 9.95. The Bertz CT molecular complexity index is 593. The lowest BCUT2D eigenvalue weighted by Crippen LogP contribution is -2.28. The van der Waals surface area contributed by atoms with Crippen LogP contribution in [-0.2, 0) is 5.54 Å². The van der Waals surface area contributed by atoms with Crippen LogP contribution in [-0.4, -0.2) is 9.55 Å². The summed E-state index contributed by atoms with van der Waals surface area (Å²) in [6, 6.07) is 5.84. The van der Waals surface area contributed by atoms with Gasteiger partial charge in [0.2, 0.25) is 0 Å². The van der Waals surface area contributed by atoms with Crippen LogP contribution in [0.1, 0.15) is 33.6 Å². The first-order valence-corrected chi connectivity index (χ1v) is 6.71. The van der Waals surface area contributed by atoms with Crippen molar-refractivity contribution in [3.63, 3.8) is 0 Å². The zero-order valence-electron chi connectivity index (χ0n) is 10.4. The van der Waals surface area contributed by atoms with Gasteiger partial charge in [0.15, 0.2) is 4.77 Å². The van der Waals surface area contributed by atoms with E-state index >= 15 is 0 Å². The van der Waals surface area contributed by atoms with E-state index in [2.05, 4.69) is 30.3 Å². The summed E-state index contributed by atoms with van der Waals surface area (Å²) in [5.74, 6) is 0. The Labute approximate surface area is 112 Å². The van der Waals surface area contributed by atoms with E-state index in [-0.39, 0.29) is 5.54 Å². The van der Waals surface area contributed by atoms with Gasteiger partial charge in [-0.1, -0.05) is 25.4 Å². The maximum absolute atomic E-state index is 6.08. The van der Waals surface area contributed by atoms with Crippen LogP contribution in [0, 0.1) is 4.77 Å². The van der Waals surface area contributed by atoms with Crippen LogP contribution >= 0.6 is 23.8 Å². The zero-order chi connectivity index (χ0) is 12.6. The number of imidazole rings is 1. The first kappa shape index (κ1) is 12.7. The fourth-order valence-electron chi connectivity index (χ4n) is 2.18. The highest BCUT2D eigenvalue weighted by Gasteiger charge is 2.24. The summed E-state index contributed by atoms with van der Waals surface area (Å²) < 4.78 is 2.97. The van der Waals surface area contributed by atoms with Crippen LogP contribution in [0.2, 0.25) is 5.02 Å². The molecule has 0 aliphatic heterocycles. The summed E-state index contributed by atoms with van der Waals surface area (Å²) in [6.45, 7) is 6.61. The minimum Gasteiger partial charge on any atom is -0.331 e. The monoisotopic (exact) mass is 268 g/mol. The number of hydrogen-bond acceptors (Lipinski definition) is 1. The van der Waals surface area contributed by atoms with Gasteiger partial charge in [-0.05, 0) is 50.2 Å². The summed E-state index contributed by atoms with van der Waals surface area (Å²) in [4.78, 5) is 3.25. The number of H-pyrrole nitrogens is 1. The highest BCUT2D eigenvalue weighted by molar-refractivity contribution is 7.71. The molecule has 1 N–H and O–H groups in total. The Morgan fingerprint density at radius 1 is 1.35 bits per heavy atom. The van der Waals surface area contributed by atoms with E-state index in [1.807, 2.05) is 18.2 Å². The van der Waals surface area contributed by atoms with Crippen molar-refractivity contribution in [3.05, 3.63) is 28.0 Å². The lowest BCUT2D eigenvalue weighted by Gasteiger charge is -2.29. The number of rotatable bonds is 3. The summed E-state index contributed by atoms with van der Waals surface area (Å²) in [5.41, 5.74) is 2.18. The molecule has 92 valence electrons. The van der Waals surface area contributed by atoms with Crippen molar-refractivity contribution >= 4 is 34.9 Å². The molecule has 2 rings (SSSR count). The Balaban J connectivity index is 2.80. The van der Waals surface area contributed by atoms with Crippen molar-refractivity contribution in [1.82, 2.24) is 9.55 Å². The topological polar surface area (TPSA) is 20.7 Å². The first-order chi connectivity index (χ1) is 8.01. The number of benzene rings is 1. The molecule has 4 heteroatoms. The van der Waals surface area contributed by atoms with E-state index in [0.29, 0.717) is 0 Å². The molecule has 0 aliphatic carbocycles. The highest BCUT2D eigenvalue weighted by atomic mass is 35.5. The van der Waals surface area contributed by atoms with Gasteiger partial charge in [0, 0.05) is 10.6 Å². The molecule has 0 aliphatic rings. The van der Waals surface area contributed by atoms with Gasteiger partial charge in [-0.25, -0.2) is 0 Å². The molecule has 17 heavy (non-hydrogen) atoms. The van der Waals surface area contributed by atoms with E-state index < -0.39 is 0 Å². The Morgan fingerprint density at radius 3 is 2.59 bits per heavy atom. The minimum atomic E-state index is 0.0417. The van der Waals surface area contributed by atoms with Gasteiger partial charge in [-0.15, -0.1) is 0 Å². The molecule has 0 saturated heterocycles. The SMILES string of the molecule is CCC(C)(CC)n1c(=S)[nH]c2ccc(Cl)cc21. The molecule has 2 aromatic rings. The molecule has 1 heterocycles. The average molecular weight is 269 g/mol. The molecule has 0 unspecified atom stereocenters. The largest absolute Gasteiger partial charge is 0.331 e. The predicted molar refractivity (Wildman–Crippen MR) is 76.4 cm³/mol. The van der Waals surface area contributed by atoms with Gasteiger partial charge < -0.3 is 9.55 Å². The normalized spacial score (nSPS) is 12.2. The summed E-state index contributed by atoms with van der Waals surface area (Å²) in [7, 11) is 0. The molecule has 0 bridgehead atoms. The second-order valence-corrected chi connectivity index (χ2v) is 5.45. The zero-order valence-corrected chi connectivity index (χ0v) is 12.0. The summed E-state index contributed by atoms with van der Waals surface area (Å²) in [6.07, 6.45) is 2.08. The maximum atomic E-state index is 6.08. The van der Waals surface area contributed by atoms with E-state index in [9.17, 15) is 0 Å². The minimum absolute atomic E-state index is 0.0417. The van der Waals surface area contributed by atoms with E-state index in [4.69, 9.17) is 23.8 Å². The lowest BCUT2D eigenvalue weighted by molar-refractivity contribution is 0.299. The first-order valence-electron chi connectivity index (χ1n) is 5.92. The van der Waals surface area contributed by atoms with Crippen molar-refractivity contribution < 1.29 is 0 Å². The maximum Gasteiger partial charge on any atom is 0.178 e. The van der Waals surface area contributed by atoms with Crippen LogP contribution < -0.4 is 0 Å². The van der Waals surface area contributed by atoms with Gasteiger partial charge in [-0.2, -0.15) is 0 Å². The Hall–Kier alpha value is -0.800. The molecular weight excluding hydrogens is 252 g/mol. The number of aromatic nitrogens is 2. The smallest absolute Gasteiger partial charge is 0.178 e. The van der Waals surface area contributed by atoms with Crippen LogP contribution in [0.3, 0.4) is 0 Å². The molecule has 0 radical (unpaired) electrons. The molecule has 2 nitrogen and oxygen atoms in total. The van der Waals surface area contributed by atoms with Crippen molar-refractivity contribution in [2.24, 2.45) is 0 Å². The molecular formula is C13H17ClN2S. The summed E-state index contributed by atoms with van der Waals surface area (Å²) >= 11 is 11.5. The number of fused-ring (bicyclic) bond motifs is 1. The fourth-order valence-corrected chi connectivity index (χ4v) is 2.77. The van der Waals surface area contributed by atoms with Crippen molar-refractivity contribution in [2.75, 3.05) is 0 Å². The third kappa shape index (κ3) is 2.02. The van der Waals surface area contributed by atoms with Crippen molar-refractivity contribution in [3.8, 4) is 0 Å². The second-order valence-electron chi connectivity index (χ2n) is 4.63. The van der Waals surface area contributed by atoms with Crippen LogP contribution in [0.25, 0.3) is 11.0 Å². The van der Waals surface area contributed by atoms with Gasteiger partial charge in [0.05, 0.1) is 11.0 Å². The van der Waals surface area contributed by atoms with Gasteiger partial charge >= 0.3 is 0 Å². The molecule has 0 amide bonds. The second kappa shape index (κ2) is 4.46. The van der Waals surface area contributed by atoms with Crippen molar-refractivity contribution in [2.45, 2.75) is 39.2 Å². The van der Waals surface area contributed by atoms with E-state index in [1.54, 1.807) is 0 Å². The molecule has 1 aromatic carbocycles. The predicted octanol–water partition coefficient (Wildman–Crippen LogP) is 4.89. The Kier molecular flexibility index (Phi) is 3.32. The van der Waals surface area contributed by atoms with Gasteiger partial charge in [-0.3, -0.25) is 0 Å². The third-order valence-corrected chi connectivity index (χ3v) is 4.23. The molecule has 0 saturated carbocycles. The number of nitrogens with zero attached hydrogens (tertiary/aromatic N) is 1. The fraction of sp³-hybridized carbons (Fsp3) is 0.462. The Morgan fingerprint density at radius 2 is 2.00 bits per heavy atom. The van der Waals surface area contributed by atoms with E-state index in [1.165, 1.54) is 0 Å². The molecule has 0 atom stereocenters. The molecule has 1 aromatic heterocycles.